The smallest absolute Gasteiger partial charge is 0.274 e. The fraction of sp³-hybridized carbons (Fsp3) is 0.167. The minimum Gasteiger partial charge on any atom is -0.369 e. The molecule has 0 saturated carbocycles. The first-order valence-electron chi connectivity index (χ1n) is 5.35. The number of benzene rings is 1. The van der Waals surface area contributed by atoms with E-state index in [1.807, 2.05) is 11.4 Å². The van der Waals surface area contributed by atoms with Crippen LogP contribution in [-0.2, 0) is 6.54 Å². The third-order valence-corrected chi connectivity index (χ3v) is 4.22. The normalized spacial score (nSPS) is 10.5. The van der Waals surface area contributed by atoms with Gasteiger partial charge in [0.25, 0.3) is 5.69 Å². The van der Waals surface area contributed by atoms with Crippen molar-refractivity contribution in [1.29, 1.82) is 0 Å². The maximum absolute atomic E-state index is 13.4. The van der Waals surface area contributed by atoms with Crippen molar-refractivity contribution < 1.29 is 9.31 Å². The van der Waals surface area contributed by atoms with Crippen molar-refractivity contribution in [3.05, 3.63) is 54.9 Å². The van der Waals surface area contributed by atoms with Gasteiger partial charge in [0.1, 0.15) is 5.82 Å². The fourth-order valence-electron chi connectivity index (χ4n) is 1.65. The van der Waals surface area contributed by atoms with Crippen LogP contribution in [0.15, 0.2) is 34.1 Å². The van der Waals surface area contributed by atoms with Gasteiger partial charge < -0.3 is 4.90 Å². The van der Waals surface area contributed by atoms with Crippen LogP contribution in [-0.4, -0.2) is 12.0 Å². The third kappa shape index (κ3) is 3.51. The second kappa shape index (κ2) is 5.66. The van der Waals surface area contributed by atoms with Crippen molar-refractivity contribution in [3.8, 4) is 0 Å². The molecular formula is C12H10BrFN2O2S. The zero-order valence-electron chi connectivity index (χ0n) is 9.97. The van der Waals surface area contributed by atoms with Crippen molar-refractivity contribution >= 4 is 38.6 Å². The summed E-state index contributed by atoms with van der Waals surface area (Å²) in [5.74, 6) is -0.608. The molecular weight excluding hydrogens is 335 g/mol. The zero-order chi connectivity index (χ0) is 14.0. The number of nitrogens with zero attached hydrogens (tertiary/aromatic N) is 2. The third-order valence-electron chi connectivity index (χ3n) is 2.53. The van der Waals surface area contributed by atoms with Crippen LogP contribution in [0.25, 0.3) is 0 Å². The minimum absolute atomic E-state index is 0.241. The summed E-state index contributed by atoms with van der Waals surface area (Å²) in [6.45, 7) is 0.566. The van der Waals surface area contributed by atoms with E-state index in [4.69, 9.17) is 0 Å². The Hall–Kier alpha value is -1.47. The van der Waals surface area contributed by atoms with E-state index in [-0.39, 0.29) is 5.69 Å². The molecule has 0 aliphatic carbocycles. The lowest BCUT2D eigenvalue weighted by atomic mass is 10.2. The molecule has 0 unspecified atom stereocenters. The molecule has 0 aliphatic rings. The van der Waals surface area contributed by atoms with Crippen molar-refractivity contribution in [2.75, 3.05) is 11.9 Å². The van der Waals surface area contributed by atoms with Gasteiger partial charge in [-0.2, -0.15) is 0 Å². The molecule has 2 aromatic rings. The Morgan fingerprint density at radius 2 is 2.16 bits per heavy atom. The molecule has 0 amide bonds. The van der Waals surface area contributed by atoms with Crippen molar-refractivity contribution in [3.63, 3.8) is 0 Å². The van der Waals surface area contributed by atoms with Gasteiger partial charge in [-0.05, 0) is 28.1 Å². The zero-order valence-corrected chi connectivity index (χ0v) is 12.4. The summed E-state index contributed by atoms with van der Waals surface area (Å²) in [5, 5.41) is 12.7. The van der Waals surface area contributed by atoms with Crippen LogP contribution < -0.4 is 4.90 Å². The van der Waals surface area contributed by atoms with Crippen LogP contribution in [0.5, 0.6) is 0 Å². The maximum Gasteiger partial charge on any atom is 0.274 e. The van der Waals surface area contributed by atoms with Gasteiger partial charge in [0.2, 0.25) is 0 Å². The average Bonchev–Trinajstić information content (AvgIpc) is 2.73. The Morgan fingerprint density at radius 1 is 1.42 bits per heavy atom. The van der Waals surface area contributed by atoms with Crippen LogP contribution in [0.2, 0.25) is 0 Å². The number of thiophene rings is 1. The van der Waals surface area contributed by atoms with Crippen molar-refractivity contribution in [2.24, 2.45) is 0 Å². The highest BCUT2D eigenvalue weighted by Gasteiger charge is 2.13. The number of anilines is 1. The highest BCUT2D eigenvalue weighted by molar-refractivity contribution is 9.10. The number of hydrogen-bond donors (Lipinski definition) is 0. The largest absolute Gasteiger partial charge is 0.369 e. The molecule has 0 bridgehead atoms. The molecule has 0 radical (unpaired) electrons. The number of rotatable bonds is 4. The van der Waals surface area contributed by atoms with Crippen molar-refractivity contribution in [1.82, 2.24) is 0 Å². The molecule has 100 valence electrons. The highest BCUT2D eigenvalue weighted by Crippen LogP contribution is 2.26. The van der Waals surface area contributed by atoms with Gasteiger partial charge in [-0.3, -0.25) is 10.1 Å². The Labute approximate surface area is 121 Å². The van der Waals surface area contributed by atoms with Gasteiger partial charge in [0.05, 0.1) is 17.5 Å². The van der Waals surface area contributed by atoms with Crippen molar-refractivity contribution in [2.45, 2.75) is 6.54 Å². The number of nitro groups is 1. The molecule has 0 spiro atoms. The highest BCUT2D eigenvalue weighted by atomic mass is 79.9. The fourth-order valence-corrected chi connectivity index (χ4v) is 3.15. The molecule has 4 nitrogen and oxygen atoms in total. The van der Waals surface area contributed by atoms with Crippen LogP contribution in [0.1, 0.15) is 4.88 Å². The first-order valence-corrected chi connectivity index (χ1v) is 7.02. The first kappa shape index (κ1) is 14.0. The summed E-state index contributed by atoms with van der Waals surface area (Å²) in [7, 11) is 1.77. The molecule has 2 rings (SSSR count). The summed E-state index contributed by atoms with van der Waals surface area (Å²) in [4.78, 5) is 13.0. The first-order chi connectivity index (χ1) is 8.95. The maximum atomic E-state index is 13.4. The summed E-state index contributed by atoms with van der Waals surface area (Å²) in [5.41, 5.74) is 0.241. The minimum atomic E-state index is -0.608. The second-order valence-corrected chi connectivity index (χ2v) is 5.92. The van der Waals surface area contributed by atoms with Crippen LogP contribution >= 0.6 is 27.3 Å². The molecule has 1 aromatic carbocycles. The van der Waals surface area contributed by atoms with Gasteiger partial charge >= 0.3 is 0 Å². The second-order valence-electron chi connectivity index (χ2n) is 4.01. The van der Waals surface area contributed by atoms with E-state index in [9.17, 15) is 14.5 Å². The van der Waals surface area contributed by atoms with E-state index >= 15 is 0 Å². The van der Waals surface area contributed by atoms with E-state index in [1.165, 1.54) is 12.1 Å². The lowest BCUT2D eigenvalue weighted by molar-refractivity contribution is -0.385. The monoisotopic (exact) mass is 344 g/mol. The Kier molecular flexibility index (Phi) is 4.16. The van der Waals surface area contributed by atoms with Crippen LogP contribution in [0.4, 0.5) is 15.8 Å². The summed E-state index contributed by atoms with van der Waals surface area (Å²) < 4.78 is 14.3. The van der Waals surface area contributed by atoms with Crippen LogP contribution in [0, 0.1) is 15.9 Å². The van der Waals surface area contributed by atoms with E-state index in [2.05, 4.69) is 15.9 Å². The molecule has 1 heterocycles. The summed E-state index contributed by atoms with van der Waals surface area (Å²) in [6, 6.07) is 5.54. The molecule has 0 atom stereocenters. The summed E-state index contributed by atoms with van der Waals surface area (Å²) in [6.07, 6.45) is 0. The molecule has 0 N–H and O–H groups in total. The molecule has 0 fully saturated rings. The van der Waals surface area contributed by atoms with E-state index < -0.39 is 10.7 Å². The Balaban J connectivity index is 2.23. The number of nitro benzene ring substituents is 1. The van der Waals surface area contributed by atoms with Gasteiger partial charge in [0.15, 0.2) is 0 Å². The van der Waals surface area contributed by atoms with Crippen LogP contribution in [0.3, 0.4) is 0 Å². The van der Waals surface area contributed by atoms with E-state index in [0.717, 1.165) is 15.4 Å². The number of hydrogen-bond acceptors (Lipinski definition) is 4. The topological polar surface area (TPSA) is 46.4 Å². The van der Waals surface area contributed by atoms with E-state index in [1.54, 1.807) is 23.3 Å². The van der Waals surface area contributed by atoms with E-state index in [0.29, 0.717) is 12.2 Å². The Morgan fingerprint density at radius 3 is 2.74 bits per heavy atom. The van der Waals surface area contributed by atoms with Gasteiger partial charge in [-0.15, -0.1) is 11.3 Å². The predicted molar refractivity (Wildman–Crippen MR) is 77.2 cm³/mol. The molecule has 19 heavy (non-hydrogen) atoms. The standard InChI is InChI=1S/C12H10BrFN2O2S/c1-15(6-12-2-8(13)7-19-12)10-3-9(14)4-11(5-10)16(17)18/h2-5,7H,6H2,1H3. The molecule has 0 saturated heterocycles. The average molecular weight is 345 g/mol. The number of non-ortho nitro benzene ring substituents is 1. The number of halogens is 2. The lowest BCUT2D eigenvalue weighted by Crippen LogP contribution is -2.15. The Bertz CT molecular complexity index is 618. The van der Waals surface area contributed by atoms with Gasteiger partial charge in [0, 0.05) is 33.5 Å². The predicted octanol–water partition coefficient (Wildman–Crippen LogP) is 4.19. The van der Waals surface area contributed by atoms with Gasteiger partial charge in [-0.1, -0.05) is 0 Å². The SMILES string of the molecule is CN(Cc1cc(Br)cs1)c1cc(F)cc([N+](=O)[O-])c1. The molecule has 0 aliphatic heterocycles. The molecule has 7 heteroatoms. The quantitative estimate of drug-likeness (QED) is 0.616. The molecule has 1 aromatic heterocycles. The van der Waals surface area contributed by atoms with Gasteiger partial charge in [-0.25, -0.2) is 4.39 Å². The lowest BCUT2D eigenvalue weighted by Gasteiger charge is -2.18. The summed E-state index contributed by atoms with van der Waals surface area (Å²) >= 11 is 4.93.